The number of cyclic esters (lactones) is 1. The van der Waals surface area contributed by atoms with Gasteiger partial charge in [-0.25, -0.2) is 18.7 Å². The van der Waals surface area contributed by atoms with E-state index in [2.05, 4.69) is 0 Å². The van der Waals surface area contributed by atoms with Gasteiger partial charge in [0.2, 0.25) is 0 Å². The number of hydroxylamine groups is 1. The molecule has 0 spiro atoms. The molecule has 10 nitrogen and oxygen atoms in total. The van der Waals surface area contributed by atoms with E-state index in [0.717, 1.165) is 5.56 Å². The number of nitrogens with zero attached hydrogens (tertiary/aromatic N) is 1. The predicted octanol–water partition coefficient (Wildman–Crippen LogP) is 3.13. The minimum Gasteiger partial charge on any atom is -0.494 e. The van der Waals surface area contributed by atoms with Gasteiger partial charge in [0.1, 0.15) is 11.9 Å². The van der Waals surface area contributed by atoms with E-state index < -0.39 is 26.6 Å². The van der Waals surface area contributed by atoms with E-state index in [1.165, 1.54) is 29.7 Å². The zero-order valence-electron chi connectivity index (χ0n) is 19.4. The lowest BCUT2D eigenvalue weighted by atomic mass is 9.98. The summed E-state index contributed by atoms with van der Waals surface area (Å²) in [6.07, 6.45) is -0.354. The van der Waals surface area contributed by atoms with Gasteiger partial charge >= 0.3 is 6.09 Å². The number of sulfone groups is 1. The van der Waals surface area contributed by atoms with Crippen LogP contribution in [0.25, 0.3) is 0 Å². The Hall–Kier alpha value is -2.86. The highest BCUT2D eigenvalue weighted by atomic mass is 35.5. The summed E-state index contributed by atoms with van der Waals surface area (Å²) >= 11 is 6.02. The first kappa shape index (κ1) is 26.2. The summed E-state index contributed by atoms with van der Waals surface area (Å²) < 4.78 is 41.1. The molecule has 1 atom stereocenters. The number of carbonyl (C=O) groups excluding carboxylic acids is 2. The second-order valence-corrected chi connectivity index (χ2v) is 11.3. The highest BCUT2D eigenvalue weighted by Crippen LogP contribution is 2.36. The monoisotopic (exact) mass is 538 g/mol. The molecule has 2 amide bonds. The second kappa shape index (κ2) is 11.0. The highest BCUT2D eigenvalue weighted by Gasteiger charge is 2.52. The van der Waals surface area contributed by atoms with Crippen molar-refractivity contribution in [3.05, 3.63) is 59.1 Å². The number of carbonyl (C=O) groups is 2. The quantitative estimate of drug-likeness (QED) is 0.283. The van der Waals surface area contributed by atoms with Gasteiger partial charge in [-0.15, -0.1) is 0 Å². The lowest BCUT2D eigenvalue weighted by Gasteiger charge is -2.34. The molecule has 0 radical (unpaired) electrons. The normalized spacial score (nSPS) is 19.6. The van der Waals surface area contributed by atoms with Crippen molar-refractivity contribution < 1.29 is 37.4 Å². The number of nitrogens with one attached hydrogen (secondary N) is 1. The van der Waals surface area contributed by atoms with Gasteiger partial charge in [-0.2, -0.15) is 0 Å². The molecule has 2 saturated heterocycles. The Labute approximate surface area is 214 Å². The van der Waals surface area contributed by atoms with Crippen LogP contribution in [0.15, 0.2) is 53.4 Å². The molecule has 2 heterocycles. The number of benzene rings is 2. The molecule has 2 aromatic rings. The van der Waals surface area contributed by atoms with Crippen LogP contribution in [0.4, 0.5) is 4.79 Å². The molecular weight excluding hydrogens is 512 g/mol. The summed E-state index contributed by atoms with van der Waals surface area (Å²) in [5, 5.41) is 9.72. The molecule has 0 saturated carbocycles. The molecule has 194 valence electrons. The smallest absolute Gasteiger partial charge is 0.410 e. The Balaban J connectivity index is 1.31. The van der Waals surface area contributed by atoms with E-state index in [0.29, 0.717) is 36.9 Å². The Kier molecular flexibility index (Phi) is 8.04. The number of ether oxygens (including phenoxy) is 3. The van der Waals surface area contributed by atoms with E-state index in [1.807, 2.05) is 12.1 Å². The van der Waals surface area contributed by atoms with Gasteiger partial charge in [-0.3, -0.25) is 10.0 Å². The minimum absolute atomic E-state index is 0.0489. The van der Waals surface area contributed by atoms with Crippen LogP contribution in [0.2, 0.25) is 5.02 Å². The lowest BCUT2D eigenvalue weighted by molar-refractivity contribution is -0.134. The number of hydrogen-bond donors (Lipinski definition) is 2. The maximum Gasteiger partial charge on any atom is 0.410 e. The first-order chi connectivity index (χ1) is 17.3. The molecule has 36 heavy (non-hydrogen) atoms. The van der Waals surface area contributed by atoms with Crippen LogP contribution in [0.3, 0.4) is 0 Å². The van der Waals surface area contributed by atoms with Gasteiger partial charge in [0.15, 0.2) is 14.6 Å². The van der Waals surface area contributed by atoms with E-state index in [-0.39, 0.29) is 37.1 Å². The molecule has 2 aromatic carbocycles. The summed E-state index contributed by atoms with van der Waals surface area (Å²) in [7, 11) is -4.10. The number of amides is 2. The Morgan fingerprint density at radius 2 is 1.92 bits per heavy atom. The molecule has 0 aromatic heterocycles. The molecule has 1 unspecified atom stereocenters. The fraction of sp³-hybridized carbons (Fsp3) is 0.417. The third-order valence-electron chi connectivity index (χ3n) is 6.41. The minimum atomic E-state index is -4.10. The van der Waals surface area contributed by atoms with Crippen LogP contribution in [-0.4, -0.2) is 68.2 Å². The third kappa shape index (κ3) is 5.29. The average Bonchev–Trinajstić information content (AvgIpc) is 3.27. The zero-order chi connectivity index (χ0) is 25.8. The fourth-order valence-corrected chi connectivity index (χ4v) is 6.52. The van der Waals surface area contributed by atoms with Crippen LogP contribution in [-0.2, 0) is 24.1 Å². The Bertz CT molecular complexity index is 1200. The van der Waals surface area contributed by atoms with Crippen molar-refractivity contribution in [2.24, 2.45) is 0 Å². The van der Waals surface area contributed by atoms with Gasteiger partial charge in [0, 0.05) is 24.8 Å². The van der Waals surface area contributed by atoms with E-state index in [4.69, 9.17) is 31.0 Å². The van der Waals surface area contributed by atoms with Crippen LogP contribution >= 0.6 is 11.6 Å². The number of rotatable bonds is 9. The summed E-state index contributed by atoms with van der Waals surface area (Å²) in [6.45, 7) is 1.34. The molecule has 0 bridgehead atoms. The van der Waals surface area contributed by atoms with Gasteiger partial charge in [0.05, 0.1) is 18.0 Å². The molecular formula is C24H27ClN2O8S. The molecule has 0 aliphatic carbocycles. The molecule has 2 aliphatic rings. The van der Waals surface area contributed by atoms with Crippen molar-refractivity contribution in [1.29, 1.82) is 0 Å². The summed E-state index contributed by atoms with van der Waals surface area (Å²) in [5.41, 5.74) is 2.33. The van der Waals surface area contributed by atoms with Crippen LogP contribution in [0.5, 0.6) is 5.75 Å². The van der Waals surface area contributed by atoms with Crippen molar-refractivity contribution in [1.82, 2.24) is 10.4 Å². The summed E-state index contributed by atoms with van der Waals surface area (Å²) in [6, 6.07) is 13.0. The lowest BCUT2D eigenvalue weighted by Crippen LogP contribution is -2.54. The van der Waals surface area contributed by atoms with Crippen molar-refractivity contribution >= 4 is 33.4 Å². The van der Waals surface area contributed by atoms with Crippen LogP contribution < -0.4 is 10.2 Å². The van der Waals surface area contributed by atoms with Gasteiger partial charge in [-0.1, -0.05) is 23.7 Å². The standard InChI is InChI=1S/C24H27ClN2O8S/c25-18-4-1-3-17(15-18)21-16-27(23(29)35-21)11-2-12-34-19-5-7-20(8-6-19)36(31,32)24(22(28)26-30)9-13-33-14-10-24/h1,3-8,15,21,30H,2,9-14,16H2,(H,26,28). The molecule has 2 N–H and O–H groups in total. The van der Waals surface area contributed by atoms with Crippen molar-refractivity contribution in [2.75, 3.05) is 32.9 Å². The SMILES string of the molecule is O=C1OC(c2cccc(Cl)c2)CN1CCCOc1ccc(S(=O)(=O)C2(C(=O)NO)CCOCC2)cc1. The number of hydrogen-bond acceptors (Lipinski definition) is 8. The molecule has 2 aliphatic heterocycles. The molecule has 2 fully saturated rings. The van der Waals surface area contributed by atoms with Crippen molar-refractivity contribution in [3.8, 4) is 5.75 Å². The summed E-state index contributed by atoms with van der Waals surface area (Å²) in [4.78, 5) is 26.1. The maximum absolute atomic E-state index is 13.3. The van der Waals surface area contributed by atoms with Gasteiger partial charge in [-0.05, 0) is 61.2 Å². The number of halogens is 1. The third-order valence-corrected chi connectivity index (χ3v) is 9.16. The van der Waals surface area contributed by atoms with Crippen molar-refractivity contribution in [2.45, 2.75) is 35.0 Å². The van der Waals surface area contributed by atoms with Crippen LogP contribution in [0.1, 0.15) is 30.9 Å². The first-order valence-corrected chi connectivity index (χ1v) is 13.3. The first-order valence-electron chi connectivity index (χ1n) is 11.5. The Morgan fingerprint density at radius 3 is 2.58 bits per heavy atom. The maximum atomic E-state index is 13.3. The van der Waals surface area contributed by atoms with Gasteiger partial charge in [0.25, 0.3) is 5.91 Å². The fourth-order valence-electron chi connectivity index (χ4n) is 4.38. The topological polar surface area (TPSA) is 131 Å². The Morgan fingerprint density at radius 1 is 1.19 bits per heavy atom. The van der Waals surface area contributed by atoms with E-state index in [1.54, 1.807) is 17.0 Å². The van der Waals surface area contributed by atoms with E-state index in [9.17, 15) is 18.0 Å². The second-order valence-electron chi connectivity index (χ2n) is 8.60. The van der Waals surface area contributed by atoms with Crippen LogP contribution in [0, 0.1) is 0 Å². The average molecular weight is 539 g/mol. The summed E-state index contributed by atoms with van der Waals surface area (Å²) in [5.74, 6) is -0.522. The predicted molar refractivity (Wildman–Crippen MR) is 129 cm³/mol. The largest absolute Gasteiger partial charge is 0.494 e. The van der Waals surface area contributed by atoms with Crippen molar-refractivity contribution in [3.63, 3.8) is 0 Å². The highest BCUT2D eigenvalue weighted by molar-refractivity contribution is 7.93. The molecule has 12 heteroatoms. The zero-order valence-corrected chi connectivity index (χ0v) is 21.0. The van der Waals surface area contributed by atoms with Gasteiger partial charge < -0.3 is 19.1 Å². The molecule has 4 rings (SSSR count). The van der Waals surface area contributed by atoms with E-state index >= 15 is 0 Å².